The van der Waals surface area contributed by atoms with Gasteiger partial charge in [0.2, 0.25) is 0 Å². The SMILES string of the molecule is CNC1(C(=O)OC)CCCC(n2cc(Cl)c(C)n2)C1. The monoisotopic (exact) mass is 285 g/mol. The third-order valence-electron chi connectivity index (χ3n) is 4.01. The van der Waals surface area contributed by atoms with Gasteiger partial charge in [-0.05, 0) is 39.7 Å². The van der Waals surface area contributed by atoms with Gasteiger partial charge in [-0.15, -0.1) is 0 Å². The van der Waals surface area contributed by atoms with Crippen LogP contribution < -0.4 is 5.32 Å². The number of hydrogen-bond donors (Lipinski definition) is 1. The van der Waals surface area contributed by atoms with E-state index in [4.69, 9.17) is 16.3 Å². The van der Waals surface area contributed by atoms with Crippen molar-refractivity contribution < 1.29 is 9.53 Å². The summed E-state index contributed by atoms with van der Waals surface area (Å²) in [6.07, 6.45) is 5.26. The van der Waals surface area contributed by atoms with Crippen molar-refractivity contribution in [1.82, 2.24) is 15.1 Å². The van der Waals surface area contributed by atoms with Crippen LogP contribution in [0.2, 0.25) is 5.02 Å². The number of aryl methyl sites for hydroxylation is 1. The molecule has 1 saturated carbocycles. The van der Waals surface area contributed by atoms with Gasteiger partial charge in [-0.25, -0.2) is 0 Å². The summed E-state index contributed by atoms with van der Waals surface area (Å²) in [7, 11) is 3.24. The fourth-order valence-corrected chi connectivity index (χ4v) is 2.97. The largest absolute Gasteiger partial charge is 0.468 e. The standard InChI is InChI=1S/C13H20ClN3O2/c1-9-11(14)8-17(16-9)10-5-4-6-13(7-10,15-2)12(18)19-3/h8,10,15H,4-7H2,1-3H3. The smallest absolute Gasteiger partial charge is 0.326 e. The third-order valence-corrected chi connectivity index (χ3v) is 4.38. The number of ether oxygens (including phenoxy) is 1. The highest BCUT2D eigenvalue weighted by atomic mass is 35.5. The first kappa shape index (κ1) is 14.3. The van der Waals surface area contributed by atoms with Crippen molar-refractivity contribution in [2.45, 2.75) is 44.2 Å². The maximum Gasteiger partial charge on any atom is 0.326 e. The normalized spacial score (nSPS) is 27.3. The molecule has 0 aromatic carbocycles. The van der Waals surface area contributed by atoms with Gasteiger partial charge >= 0.3 is 5.97 Å². The maximum absolute atomic E-state index is 12.0. The lowest BCUT2D eigenvalue weighted by Crippen LogP contribution is -2.54. The van der Waals surface area contributed by atoms with Crippen LogP contribution in [0.3, 0.4) is 0 Å². The summed E-state index contributed by atoms with van der Waals surface area (Å²) in [6, 6.07) is 0.173. The van der Waals surface area contributed by atoms with E-state index in [1.165, 1.54) is 7.11 Å². The molecule has 2 unspecified atom stereocenters. The van der Waals surface area contributed by atoms with Crippen LogP contribution in [0.5, 0.6) is 0 Å². The van der Waals surface area contributed by atoms with Crippen LogP contribution in [-0.4, -0.2) is 35.4 Å². The molecule has 0 spiro atoms. The first-order chi connectivity index (χ1) is 9.02. The van der Waals surface area contributed by atoms with Crippen LogP contribution in [0, 0.1) is 6.92 Å². The number of halogens is 1. The highest BCUT2D eigenvalue weighted by Gasteiger charge is 2.43. The zero-order chi connectivity index (χ0) is 14.0. The van der Waals surface area contributed by atoms with E-state index in [1.54, 1.807) is 7.05 Å². The van der Waals surface area contributed by atoms with Crippen LogP contribution in [0.4, 0.5) is 0 Å². The van der Waals surface area contributed by atoms with E-state index in [0.717, 1.165) is 25.0 Å². The van der Waals surface area contributed by atoms with Crippen LogP contribution in [0.15, 0.2) is 6.20 Å². The first-order valence-corrected chi connectivity index (χ1v) is 6.89. The van der Waals surface area contributed by atoms with Gasteiger partial charge < -0.3 is 10.1 Å². The molecule has 2 rings (SSSR count). The molecule has 0 radical (unpaired) electrons. The molecule has 0 saturated heterocycles. The van der Waals surface area contributed by atoms with Crippen molar-refractivity contribution in [3.63, 3.8) is 0 Å². The fourth-order valence-electron chi connectivity index (χ4n) is 2.83. The van der Waals surface area contributed by atoms with Crippen LogP contribution in [0.1, 0.15) is 37.4 Å². The molecule has 1 N–H and O–H groups in total. The topological polar surface area (TPSA) is 56.1 Å². The van der Waals surface area contributed by atoms with Crippen LogP contribution >= 0.6 is 11.6 Å². The van der Waals surface area contributed by atoms with Crippen molar-refractivity contribution >= 4 is 17.6 Å². The molecule has 2 atom stereocenters. The molecular weight excluding hydrogens is 266 g/mol. The molecule has 6 heteroatoms. The van der Waals surface area contributed by atoms with Crippen molar-refractivity contribution in [2.24, 2.45) is 0 Å². The molecule has 1 aromatic heterocycles. The Kier molecular flexibility index (Phi) is 4.16. The number of nitrogens with zero attached hydrogens (tertiary/aromatic N) is 2. The van der Waals surface area contributed by atoms with Crippen molar-refractivity contribution in [3.8, 4) is 0 Å². The van der Waals surface area contributed by atoms with E-state index >= 15 is 0 Å². The number of aromatic nitrogens is 2. The van der Waals surface area contributed by atoms with Gasteiger partial charge in [0.15, 0.2) is 0 Å². The number of methoxy groups -OCH3 is 1. The minimum atomic E-state index is -0.607. The Morgan fingerprint density at radius 1 is 1.68 bits per heavy atom. The molecule has 1 heterocycles. The molecule has 0 aliphatic heterocycles. The van der Waals surface area contributed by atoms with Gasteiger partial charge in [-0.3, -0.25) is 9.48 Å². The van der Waals surface area contributed by atoms with Crippen LogP contribution in [0.25, 0.3) is 0 Å². The van der Waals surface area contributed by atoms with Crippen molar-refractivity contribution in [3.05, 3.63) is 16.9 Å². The van der Waals surface area contributed by atoms with Gasteiger partial charge in [0.1, 0.15) is 5.54 Å². The van der Waals surface area contributed by atoms with E-state index < -0.39 is 5.54 Å². The molecule has 0 amide bonds. The summed E-state index contributed by atoms with van der Waals surface area (Å²) in [5, 5.41) is 8.23. The zero-order valence-corrected chi connectivity index (χ0v) is 12.3. The molecule has 106 valence electrons. The Bertz CT molecular complexity index is 455. The van der Waals surface area contributed by atoms with Gasteiger partial charge in [0, 0.05) is 6.20 Å². The number of carbonyl (C=O) groups is 1. The summed E-state index contributed by atoms with van der Waals surface area (Å²) in [5.74, 6) is -0.199. The van der Waals surface area contributed by atoms with Crippen LogP contribution in [-0.2, 0) is 9.53 Å². The highest BCUT2D eigenvalue weighted by molar-refractivity contribution is 6.31. The van der Waals surface area contributed by atoms with Gasteiger partial charge in [-0.2, -0.15) is 5.10 Å². The number of hydrogen-bond acceptors (Lipinski definition) is 4. The van der Waals surface area contributed by atoms with Gasteiger partial charge in [-0.1, -0.05) is 11.6 Å². The van der Waals surface area contributed by atoms with Crippen molar-refractivity contribution in [1.29, 1.82) is 0 Å². The molecule has 1 aliphatic carbocycles. The number of nitrogens with one attached hydrogen (secondary N) is 1. The predicted molar refractivity (Wildman–Crippen MR) is 73.3 cm³/mol. The summed E-state index contributed by atoms with van der Waals surface area (Å²) in [4.78, 5) is 12.0. The third kappa shape index (κ3) is 2.62. The van der Waals surface area contributed by atoms with E-state index in [9.17, 15) is 4.79 Å². The summed E-state index contributed by atoms with van der Waals surface area (Å²) < 4.78 is 6.82. The molecule has 1 fully saturated rings. The van der Waals surface area contributed by atoms with E-state index in [0.29, 0.717) is 11.4 Å². The maximum atomic E-state index is 12.0. The second-order valence-electron chi connectivity index (χ2n) is 5.12. The zero-order valence-electron chi connectivity index (χ0n) is 11.6. The number of carbonyl (C=O) groups excluding carboxylic acids is 1. The molecule has 19 heavy (non-hydrogen) atoms. The van der Waals surface area contributed by atoms with E-state index in [-0.39, 0.29) is 12.0 Å². The molecule has 1 aromatic rings. The number of esters is 1. The van der Waals surface area contributed by atoms with E-state index in [1.807, 2.05) is 17.8 Å². The fraction of sp³-hybridized carbons (Fsp3) is 0.692. The quantitative estimate of drug-likeness (QED) is 0.864. The number of likely N-dealkylation sites (N-methyl/N-ethyl adjacent to an activating group) is 1. The molecule has 1 aliphatic rings. The average Bonchev–Trinajstić information content (AvgIpc) is 2.78. The molecule has 0 bridgehead atoms. The molecule has 5 nitrogen and oxygen atoms in total. The summed E-state index contributed by atoms with van der Waals surface area (Å²) in [5.41, 5.74) is 0.213. The predicted octanol–water partition coefficient (Wildman–Crippen LogP) is 2.09. The Morgan fingerprint density at radius 2 is 2.42 bits per heavy atom. The summed E-state index contributed by atoms with van der Waals surface area (Å²) in [6.45, 7) is 1.88. The second-order valence-corrected chi connectivity index (χ2v) is 5.52. The van der Waals surface area contributed by atoms with Gasteiger partial charge in [0.05, 0.1) is 23.9 Å². The summed E-state index contributed by atoms with van der Waals surface area (Å²) >= 11 is 6.05. The average molecular weight is 286 g/mol. The Balaban J connectivity index is 2.22. The minimum absolute atomic E-state index is 0.173. The Morgan fingerprint density at radius 3 is 2.95 bits per heavy atom. The molecular formula is C13H20ClN3O2. The van der Waals surface area contributed by atoms with Crippen molar-refractivity contribution in [2.75, 3.05) is 14.2 Å². The lowest BCUT2D eigenvalue weighted by atomic mass is 9.79. The Labute approximate surface area is 118 Å². The first-order valence-electron chi connectivity index (χ1n) is 6.51. The lowest BCUT2D eigenvalue weighted by molar-refractivity contribution is -0.150. The Hall–Kier alpha value is -1.07. The van der Waals surface area contributed by atoms with Gasteiger partial charge in [0.25, 0.3) is 0 Å². The highest BCUT2D eigenvalue weighted by Crippen LogP contribution is 2.36. The lowest BCUT2D eigenvalue weighted by Gasteiger charge is -2.38. The van der Waals surface area contributed by atoms with E-state index in [2.05, 4.69) is 10.4 Å². The number of rotatable bonds is 3. The minimum Gasteiger partial charge on any atom is -0.468 e. The second kappa shape index (κ2) is 5.51.